The van der Waals surface area contributed by atoms with Gasteiger partial charge in [-0.15, -0.1) is 0 Å². The molecule has 0 heterocycles. The molecule has 0 spiro atoms. The molecule has 0 atom stereocenters. The Morgan fingerprint density at radius 2 is 1.30 bits per heavy atom. The third-order valence-corrected chi connectivity index (χ3v) is 4.46. The molecule has 0 aliphatic heterocycles. The Bertz CT molecular complexity index is 1030. The molecule has 0 aliphatic carbocycles. The SMILES string of the molecule is O=C(Cc1ccccc1)NCCNC(=O)c1ccccc1C(=O)c1ccc(F)cc1. The summed E-state index contributed by atoms with van der Waals surface area (Å²) in [7, 11) is 0. The van der Waals surface area contributed by atoms with Crippen LogP contribution in [0.15, 0.2) is 78.9 Å². The fourth-order valence-electron chi connectivity index (χ4n) is 2.95. The molecule has 0 unspecified atom stereocenters. The molecule has 0 bridgehead atoms. The third-order valence-electron chi connectivity index (χ3n) is 4.46. The lowest BCUT2D eigenvalue weighted by atomic mass is 9.98. The van der Waals surface area contributed by atoms with Crippen molar-refractivity contribution in [2.75, 3.05) is 13.1 Å². The van der Waals surface area contributed by atoms with E-state index >= 15 is 0 Å². The van der Waals surface area contributed by atoms with Crippen molar-refractivity contribution >= 4 is 17.6 Å². The maximum absolute atomic E-state index is 13.1. The smallest absolute Gasteiger partial charge is 0.252 e. The van der Waals surface area contributed by atoms with Crippen LogP contribution in [-0.2, 0) is 11.2 Å². The van der Waals surface area contributed by atoms with E-state index in [9.17, 15) is 18.8 Å². The highest BCUT2D eigenvalue weighted by Gasteiger charge is 2.17. The van der Waals surface area contributed by atoms with Crippen molar-refractivity contribution < 1.29 is 18.8 Å². The number of halogens is 1. The Balaban J connectivity index is 1.55. The Hall–Kier alpha value is -3.80. The predicted molar refractivity (Wildman–Crippen MR) is 112 cm³/mol. The van der Waals surface area contributed by atoms with Gasteiger partial charge in [0.05, 0.1) is 12.0 Å². The molecule has 2 N–H and O–H groups in total. The van der Waals surface area contributed by atoms with E-state index in [2.05, 4.69) is 10.6 Å². The van der Waals surface area contributed by atoms with Crippen molar-refractivity contribution in [2.45, 2.75) is 6.42 Å². The van der Waals surface area contributed by atoms with Crippen LogP contribution < -0.4 is 10.6 Å². The summed E-state index contributed by atoms with van der Waals surface area (Å²) < 4.78 is 13.1. The van der Waals surface area contributed by atoms with Crippen LogP contribution in [0.1, 0.15) is 31.8 Å². The fourth-order valence-corrected chi connectivity index (χ4v) is 2.95. The molecule has 0 fully saturated rings. The Morgan fingerprint density at radius 1 is 0.700 bits per heavy atom. The number of carbonyl (C=O) groups is 3. The Kier molecular flexibility index (Phi) is 7.05. The number of amides is 2. The molecule has 0 aliphatic rings. The van der Waals surface area contributed by atoms with Crippen molar-refractivity contribution in [2.24, 2.45) is 0 Å². The van der Waals surface area contributed by atoms with Gasteiger partial charge in [-0.1, -0.05) is 48.5 Å². The Labute approximate surface area is 173 Å². The lowest BCUT2D eigenvalue weighted by Crippen LogP contribution is -2.35. The van der Waals surface area contributed by atoms with Crippen LogP contribution in [0.3, 0.4) is 0 Å². The lowest BCUT2D eigenvalue weighted by Gasteiger charge is -2.10. The zero-order valence-electron chi connectivity index (χ0n) is 16.2. The molecule has 0 saturated heterocycles. The van der Waals surface area contributed by atoms with Crippen molar-refractivity contribution in [3.8, 4) is 0 Å². The monoisotopic (exact) mass is 404 g/mol. The van der Waals surface area contributed by atoms with Crippen LogP contribution >= 0.6 is 0 Å². The van der Waals surface area contributed by atoms with Crippen LogP contribution in [-0.4, -0.2) is 30.7 Å². The summed E-state index contributed by atoms with van der Waals surface area (Å²) in [4.78, 5) is 37.2. The van der Waals surface area contributed by atoms with Gasteiger partial charge in [0.2, 0.25) is 5.91 Å². The molecule has 6 heteroatoms. The van der Waals surface area contributed by atoms with Gasteiger partial charge in [-0.2, -0.15) is 0 Å². The zero-order valence-corrected chi connectivity index (χ0v) is 16.2. The third kappa shape index (κ3) is 5.61. The average molecular weight is 404 g/mol. The van der Waals surface area contributed by atoms with Crippen LogP contribution in [0.5, 0.6) is 0 Å². The highest BCUT2D eigenvalue weighted by molar-refractivity contribution is 6.15. The minimum Gasteiger partial charge on any atom is -0.354 e. The average Bonchev–Trinajstić information content (AvgIpc) is 2.77. The second-order valence-electron chi connectivity index (χ2n) is 6.65. The van der Waals surface area contributed by atoms with Gasteiger partial charge < -0.3 is 10.6 Å². The van der Waals surface area contributed by atoms with Crippen molar-refractivity contribution in [1.82, 2.24) is 10.6 Å². The van der Waals surface area contributed by atoms with Gasteiger partial charge >= 0.3 is 0 Å². The zero-order chi connectivity index (χ0) is 21.3. The first-order valence-corrected chi connectivity index (χ1v) is 9.52. The van der Waals surface area contributed by atoms with E-state index in [1.165, 1.54) is 24.3 Å². The number of nitrogens with one attached hydrogen (secondary N) is 2. The summed E-state index contributed by atoms with van der Waals surface area (Å²) in [6.45, 7) is 0.490. The minimum atomic E-state index is -0.438. The second-order valence-corrected chi connectivity index (χ2v) is 6.65. The van der Waals surface area contributed by atoms with E-state index in [1.54, 1.807) is 24.3 Å². The van der Waals surface area contributed by atoms with Gasteiger partial charge in [-0.3, -0.25) is 14.4 Å². The highest BCUT2D eigenvalue weighted by Crippen LogP contribution is 2.15. The minimum absolute atomic E-state index is 0.137. The van der Waals surface area contributed by atoms with Crippen LogP contribution in [0.25, 0.3) is 0 Å². The van der Waals surface area contributed by atoms with Crippen LogP contribution in [0.2, 0.25) is 0 Å². The van der Waals surface area contributed by atoms with E-state index in [0.29, 0.717) is 5.56 Å². The molecular formula is C24H21FN2O3. The van der Waals surface area contributed by atoms with Crippen molar-refractivity contribution in [3.05, 3.63) is 107 Å². The van der Waals surface area contributed by atoms with E-state index in [-0.39, 0.29) is 42.3 Å². The molecule has 3 aromatic rings. The highest BCUT2D eigenvalue weighted by atomic mass is 19.1. The summed E-state index contributed by atoms with van der Waals surface area (Å²) >= 11 is 0. The molecule has 3 aromatic carbocycles. The van der Waals surface area contributed by atoms with Gasteiger partial charge in [0.15, 0.2) is 5.78 Å². The van der Waals surface area contributed by atoms with E-state index < -0.39 is 11.7 Å². The van der Waals surface area contributed by atoms with Gasteiger partial charge in [0, 0.05) is 24.2 Å². The van der Waals surface area contributed by atoms with Crippen molar-refractivity contribution in [3.63, 3.8) is 0 Å². The maximum atomic E-state index is 13.1. The number of rotatable bonds is 8. The Morgan fingerprint density at radius 3 is 2.00 bits per heavy atom. The largest absolute Gasteiger partial charge is 0.354 e. The molecule has 3 rings (SSSR count). The molecule has 2 amide bonds. The quantitative estimate of drug-likeness (QED) is 0.447. The topological polar surface area (TPSA) is 75.3 Å². The summed E-state index contributed by atoms with van der Waals surface area (Å²) in [6.07, 6.45) is 0.268. The molecule has 0 aromatic heterocycles. The first kappa shape index (κ1) is 20.9. The van der Waals surface area contributed by atoms with Gasteiger partial charge in [0.25, 0.3) is 5.91 Å². The number of hydrogen-bond acceptors (Lipinski definition) is 3. The lowest BCUT2D eigenvalue weighted by molar-refractivity contribution is -0.120. The molecule has 30 heavy (non-hydrogen) atoms. The molecule has 5 nitrogen and oxygen atoms in total. The van der Waals surface area contributed by atoms with Crippen LogP contribution in [0, 0.1) is 5.82 Å². The second kappa shape index (κ2) is 10.1. The van der Waals surface area contributed by atoms with E-state index in [1.807, 2.05) is 30.3 Å². The van der Waals surface area contributed by atoms with E-state index in [0.717, 1.165) is 5.56 Å². The first-order chi connectivity index (χ1) is 14.5. The molecule has 0 radical (unpaired) electrons. The molecular weight excluding hydrogens is 383 g/mol. The van der Waals surface area contributed by atoms with E-state index in [4.69, 9.17) is 0 Å². The molecule has 0 saturated carbocycles. The van der Waals surface area contributed by atoms with Crippen LogP contribution in [0.4, 0.5) is 4.39 Å². The summed E-state index contributed by atoms with van der Waals surface area (Å²) in [5.41, 5.74) is 1.66. The standard InChI is InChI=1S/C24H21FN2O3/c25-19-12-10-18(11-13-19)23(29)20-8-4-5-9-21(20)24(30)27-15-14-26-22(28)16-17-6-2-1-3-7-17/h1-13H,14-16H2,(H,26,28)(H,27,30). The first-order valence-electron chi connectivity index (χ1n) is 9.52. The number of hydrogen-bond donors (Lipinski definition) is 2. The number of carbonyl (C=O) groups excluding carboxylic acids is 3. The van der Waals surface area contributed by atoms with Gasteiger partial charge in [-0.25, -0.2) is 4.39 Å². The predicted octanol–water partition coefficient (Wildman–Crippen LogP) is 3.15. The fraction of sp³-hybridized carbons (Fsp3) is 0.125. The van der Waals surface area contributed by atoms with Gasteiger partial charge in [0.1, 0.15) is 5.82 Å². The van der Waals surface area contributed by atoms with Gasteiger partial charge in [-0.05, 0) is 35.9 Å². The summed E-state index contributed by atoms with van der Waals surface area (Å²) in [5, 5.41) is 5.46. The maximum Gasteiger partial charge on any atom is 0.252 e. The summed E-state index contributed by atoms with van der Waals surface area (Å²) in [6, 6.07) is 21.0. The summed E-state index contributed by atoms with van der Waals surface area (Å²) in [5.74, 6) is -1.36. The molecule has 152 valence electrons. The normalized spacial score (nSPS) is 10.3. The number of benzene rings is 3. The van der Waals surface area contributed by atoms with Crippen molar-refractivity contribution in [1.29, 1.82) is 0 Å². The number of ketones is 1.